The lowest BCUT2D eigenvalue weighted by atomic mass is 10.0. The van der Waals surface area contributed by atoms with Crippen molar-refractivity contribution >= 4 is 16.9 Å². The summed E-state index contributed by atoms with van der Waals surface area (Å²) >= 11 is 0. The summed E-state index contributed by atoms with van der Waals surface area (Å²) in [6.45, 7) is 0.514. The number of hydrogen-bond acceptors (Lipinski definition) is 5. The Hall–Kier alpha value is -3.42. The molecule has 0 aliphatic carbocycles. The highest BCUT2D eigenvalue weighted by Crippen LogP contribution is 2.31. The van der Waals surface area contributed by atoms with Gasteiger partial charge in [0.15, 0.2) is 0 Å². The molecule has 1 aromatic carbocycles. The topological polar surface area (TPSA) is 95.2 Å². The van der Waals surface area contributed by atoms with Gasteiger partial charge in [0.25, 0.3) is 11.5 Å². The van der Waals surface area contributed by atoms with Crippen LogP contribution < -0.4 is 21.3 Å². The smallest absolute Gasteiger partial charge is 0.332 e. The summed E-state index contributed by atoms with van der Waals surface area (Å²) in [7, 11) is 2.94. The fourth-order valence-corrected chi connectivity index (χ4v) is 3.32. The number of benzene rings is 1. The lowest BCUT2D eigenvalue weighted by Crippen LogP contribution is -2.37. The number of rotatable bonds is 2. The molecule has 0 spiro atoms. The predicted octanol–water partition coefficient (Wildman–Crippen LogP) is 0.886. The highest BCUT2D eigenvalue weighted by atomic mass is 16.5. The number of amides is 1. The molecule has 4 rings (SSSR count). The number of hydrogen-bond donors (Lipinski definition) is 1. The maximum absolute atomic E-state index is 12.7. The Kier molecular flexibility index (Phi) is 4.02. The number of para-hydroxylation sites is 1. The van der Waals surface area contributed by atoms with E-state index in [4.69, 9.17) is 4.74 Å². The molecule has 1 aliphatic heterocycles. The van der Waals surface area contributed by atoms with E-state index in [9.17, 15) is 14.4 Å². The summed E-state index contributed by atoms with van der Waals surface area (Å²) in [6, 6.07) is 8.87. The lowest BCUT2D eigenvalue weighted by molar-refractivity contribution is 0.0924. The van der Waals surface area contributed by atoms with Crippen LogP contribution in [0, 0.1) is 0 Å². The monoisotopic (exact) mass is 366 g/mol. The van der Waals surface area contributed by atoms with Crippen LogP contribution in [-0.4, -0.2) is 26.6 Å². The molecule has 0 fully saturated rings. The molecule has 0 saturated carbocycles. The average Bonchev–Trinajstić information content (AvgIpc) is 2.70. The van der Waals surface area contributed by atoms with Gasteiger partial charge in [0, 0.05) is 32.3 Å². The van der Waals surface area contributed by atoms with Crippen LogP contribution in [0.4, 0.5) is 0 Å². The Morgan fingerprint density at radius 2 is 2.00 bits per heavy atom. The second kappa shape index (κ2) is 6.39. The molecule has 0 unspecified atom stereocenters. The van der Waals surface area contributed by atoms with Crippen LogP contribution in [0.15, 0.2) is 46.1 Å². The van der Waals surface area contributed by atoms with Gasteiger partial charge in [-0.05, 0) is 12.1 Å². The number of ether oxygens (including phenoxy) is 1. The molecule has 1 amide bonds. The molecule has 0 bridgehead atoms. The molecule has 1 atom stereocenters. The van der Waals surface area contributed by atoms with Gasteiger partial charge in [-0.1, -0.05) is 18.2 Å². The van der Waals surface area contributed by atoms with Gasteiger partial charge in [-0.25, -0.2) is 9.78 Å². The number of carbonyl (C=O) groups is 1. The zero-order valence-electron chi connectivity index (χ0n) is 14.9. The van der Waals surface area contributed by atoms with Gasteiger partial charge < -0.3 is 10.1 Å². The SMILES string of the molecule is Cn1c(=O)c2cc(C(=O)N[C@H]3CCOc4ccccc43)cnc2n(C)c1=O. The van der Waals surface area contributed by atoms with Crippen LogP contribution >= 0.6 is 0 Å². The van der Waals surface area contributed by atoms with E-state index < -0.39 is 11.2 Å². The number of aryl methyl sites for hydroxylation is 1. The van der Waals surface area contributed by atoms with Crippen LogP contribution in [0.3, 0.4) is 0 Å². The third kappa shape index (κ3) is 2.79. The van der Waals surface area contributed by atoms with Crippen LogP contribution in [-0.2, 0) is 14.1 Å². The fourth-order valence-electron chi connectivity index (χ4n) is 3.32. The summed E-state index contributed by atoms with van der Waals surface area (Å²) in [5, 5.41) is 3.20. The summed E-state index contributed by atoms with van der Waals surface area (Å²) in [6.07, 6.45) is 2.03. The highest BCUT2D eigenvalue weighted by Gasteiger charge is 2.23. The van der Waals surface area contributed by atoms with E-state index in [0.29, 0.717) is 13.0 Å². The van der Waals surface area contributed by atoms with Gasteiger partial charge >= 0.3 is 5.69 Å². The van der Waals surface area contributed by atoms with Crippen molar-refractivity contribution in [2.75, 3.05) is 6.61 Å². The molecule has 8 nitrogen and oxygen atoms in total. The van der Waals surface area contributed by atoms with Crippen molar-refractivity contribution in [2.45, 2.75) is 12.5 Å². The van der Waals surface area contributed by atoms with E-state index in [2.05, 4.69) is 10.3 Å². The predicted molar refractivity (Wildman–Crippen MR) is 99.0 cm³/mol. The molecule has 8 heteroatoms. The fraction of sp³-hybridized carbons (Fsp3) is 0.263. The van der Waals surface area contributed by atoms with E-state index in [-0.39, 0.29) is 28.5 Å². The van der Waals surface area contributed by atoms with E-state index in [1.165, 1.54) is 30.9 Å². The van der Waals surface area contributed by atoms with Crippen molar-refractivity contribution in [3.8, 4) is 5.75 Å². The molecular formula is C19H18N4O4. The van der Waals surface area contributed by atoms with Crippen LogP contribution in [0.25, 0.3) is 11.0 Å². The first kappa shape index (κ1) is 17.0. The molecule has 1 aliphatic rings. The van der Waals surface area contributed by atoms with E-state index in [0.717, 1.165) is 15.9 Å². The second-order valence-electron chi connectivity index (χ2n) is 6.50. The van der Waals surface area contributed by atoms with Gasteiger partial charge in [0.05, 0.1) is 23.6 Å². The number of pyridine rings is 1. The van der Waals surface area contributed by atoms with Crippen molar-refractivity contribution < 1.29 is 9.53 Å². The molecule has 3 heterocycles. The number of nitrogens with one attached hydrogen (secondary N) is 1. The van der Waals surface area contributed by atoms with Crippen LogP contribution in [0.5, 0.6) is 5.75 Å². The zero-order chi connectivity index (χ0) is 19.1. The number of carbonyl (C=O) groups excluding carboxylic acids is 1. The first-order valence-electron chi connectivity index (χ1n) is 8.55. The number of fused-ring (bicyclic) bond motifs is 2. The average molecular weight is 366 g/mol. The maximum atomic E-state index is 12.7. The minimum atomic E-state index is -0.480. The standard InChI is InChI=1S/C19H18N4O4/c1-22-16-13(18(25)23(2)19(22)26)9-11(10-20-16)17(24)21-14-7-8-27-15-6-4-3-5-12(14)15/h3-6,9-10,14H,7-8H2,1-2H3,(H,21,24)/t14-/m0/s1. The minimum absolute atomic E-state index is 0.180. The quantitative estimate of drug-likeness (QED) is 0.727. The van der Waals surface area contributed by atoms with E-state index in [1.54, 1.807) is 0 Å². The number of aromatic nitrogens is 3. The zero-order valence-corrected chi connectivity index (χ0v) is 14.9. The molecule has 27 heavy (non-hydrogen) atoms. The number of nitrogens with zero attached hydrogens (tertiary/aromatic N) is 3. The third-order valence-corrected chi connectivity index (χ3v) is 4.82. The Labute approximate surface area is 154 Å². The van der Waals surface area contributed by atoms with E-state index in [1.807, 2.05) is 24.3 Å². The molecular weight excluding hydrogens is 348 g/mol. The first-order valence-corrected chi connectivity index (χ1v) is 8.55. The molecule has 0 radical (unpaired) electrons. The molecule has 0 saturated heterocycles. The van der Waals surface area contributed by atoms with Crippen LogP contribution in [0.1, 0.15) is 28.4 Å². The summed E-state index contributed by atoms with van der Waals surface area (Å²) in [5.41, 5.74) is 0.491. The van der Waals surface area contributed by atoms with Gasteiger partial charge in [-0.3, -0.25) is 18.7 Å². The van der Waals surface area contributed by atoms with Crippen molar-refractivity contribution in [1.82, 2.24) is 19.4 Å². The minimum Gasteiger partial charge on any atom is -0.493 e. The molecule has 2 aromatic heterocycles. The van der Waals surface area contributed by atoms with Gasteiger partial charge in [0.2, 0.25) is 0 Å². The third-order valence-electron chi connectivity index (χ3n) is 4.82. The second-order valence-corrected chi connectivity index (χ2v) is 6.50. The van der Waals surface area contributed by atoms with Crippen molar-refractivity contribution in [3.05, 3.63) is 68.5 Å². The van der Waals surface area contributed by atoms with Crippen molar-refractivity contribution in [3.63, 3.8) is 0 Å². The van der Waals surface area contributed by atoms with Gasteiger partial charge in [0.1, 0.15) is 11.4 Å². The Bertz CT molecular complexity index is 1180. The molecule has 138 valence electrons. The largest absolute Gasteiger partial charge is 0.493 e. The Balaban J connectivity index is 1.70. The highest BCUT2D eigenvalue weighted by molar-refractivity contribution is 5.97. The Morgan fingerprint density at radius 3 is 2.81 bits per heavy atom. The van der Waals surface area contributed by atoms with Crippen molar-refractivity contribution in [2.24, 2.45) is 14.1 Å². The Morgan fingerprint density at radius 1 is 1.22 bits per heavy atom. The molecule has 3 aromatic rings. The van der Waals surface area contributed by atoms with Gasteiger partial charge in [-0.15, -0.1) is 0 Å². The summed E-state index contributed by atoms with van der Waals surface area (Å²) in [4.78, 5) is 41.3. The molecule has 1 N–H and O–H groups in total. The van der Waals surface area contributed by atoms with Gasteiger partial charge in [-0.2, -0.15) is 0 Å². The lowest BCUT2D eigenvalue weighted by Gasteiger charge is -2.26. The van der Waals surface area contributed by atoms with Crippen molar-refractivity contribution in [1.29, 1.82) is 0 Å². The summed E-state index contributed by atoms with van der Waals surface area (Å²) < 4.78 is 7.90. The normalized spacial score (nSPS) is 15.9. The van der Waals surface area contributed by atoms with E-state index >= 15 is 0 Å². The van der Waals surface area contributed by atoms with Crippen LogP contribution in [0.2, 0.25) is 0 Å². The first-order chi connectivity index (χ1) is 13.0. The summed E-state index contributed by atoms with van der Waals surface area (Å²) in [5.74, 6) is 0.427. The maximum Gasteiger partial charge on any atom is 0.332 e.